The highest BCUT2D eigenvalue weighted by molar-refractivity contribution is 9.10. The van der Waals surface area contributed by atoms with Crippen LogP contribution in [0.15, 0.2) is 51.8 Å². The van der Waals surface area contributed by atoms with Crippen LogP contribution in [0.4, 0.5) is 0 Å². The molecule has 0 aromatic heterocycles. The number of aryl methyl sites for hydroxylation is 1. The van der Waals surface area contributed by atoms with E-state index in [0.717, 1.165) is 8.78 Å². The Balaban J connectivity index is 1.96. The van der Waals surface area contributed by atoms with E-state index < -0.39 is 34.4 Å². The minimum Gasteiger partial charge on any atom is -0.452 e. The summed E-state index contributed by atoms with van der Waals surface area (Å²) in [5.41, 5.74) is 5.17. The third-order valence-corrected chi connectivity index (χ3v) is 6.30. The molecule has 0 saturated heterocycles. The average molecular weight is 498 g/mol. The van der Waals surface area contributed by atoms with Crippen LogP contribution in [0.25, 0.3) is 0 Å². The van der Waals surface area contributed by atoms with Gasteiger partial charge >= 0.3 is 5.97 Å². The molecule has 0 bridgehead atoms. The fraction of sp³-hybridized carbons (Fsp3) is 0.211. The largest absolute Gasteiger partial charge is 0.452 e. The van der Waals surface area contributed by atoms with Gasteiger partial charge in [0.15, 0.2) is 6.61 Å². The van der Waals surface area contributed by atoms with Crippen LogP contribution < -0.4 is 10.9 Å². The van der Waals surface area contributed by atoms with Crippen LogP contribution in [-0.2, 0) is 19.6 Å². The maximum Gasteiger partial charge on any atom is 0.338 e. The van der Waals surface area contributed by atoms with E-state index in [-0.39, 0.29) is 10.5 Å². The molecule has 30 heavy (non-hydrogen) atoms. The molecular weight excluding hydrogens is 478 g/mol. The first-order chi connectivity index (χ1) is 14.0. The number of hydrogen-bond donors (Lipinski definition) is 2. The van der Waals surface area contributed by atoms with Gasteiger partial charge in [-0.25, -0.2) is 17.5 Å². The van der Waals surface area contributed by atoms with Crippen LogP contribution in [0.3, 0.4) is 0 Å². The highest BCUT2D eigenvalue weighted by atomic mass is 79.9. The molecule has 9 nitrogen and oxygen atoms in total. The lowest BCUT2D eigenvalue weighted by Gasteiger charge is -2.13. The SMILES string of the molecule is Cc1ccc(S(=O)(=O)N(C)C)cc1C(=O)OCC(=O)NNC(=O)c1ccc(Br)cc1. The molecule has 0 aliphatic rings. The van der Waals surface area contributed by atoms with E-state index in [9.17, 15) is 22.8 Å². The van der Waals surface area contributed by atoms with E-state index in [1.54, 1.807) is 31.2 Å². The smallest absolute Gasteiger partial charge is 0.338 e. The number of esters is 1. The fourth-order valence-corrected chi connectivity index (χ4v) is 3.43. The monoisotopic (exact) mass is 497 g/mol. The van der Waals surface area contributed by atoms with Crippen molar-refractivity contribution in [1.29, 1.82) is 0 Å². The van der Waals surface area contributed by atoms with Crippen molar-refractivity contribution < 1.29 is 27.5 Å². The molecule has 2 aromatic rings. The first-order valence-corrected chi connectivity index (χ1v) is 10.8. The van der Waals surface area contributed by atoms with E-state index >= 15 is 0 Å². The molecule has 2 amide bonds. The number of carbonyl (C=O) groups excluding carboxylic acids is 3. The Kier molecular flexibility index (Phi) is 7.71. The summed E-state index contributed by atoms with van der Waals surface area (Å²) < 4.78 is 31.2. The lowest BCUT2D eigenvalue weighted by Crippen LogP contribution is -2.43. The lowest BCUT2D eigenvalue weighted by atomic mass is 10.1. The highest BCUT2D eigenvalue weighted by Crippen LogP contribution is 2.19. The molecule has 0 radical (unpaired) electrons. The molecule has 0 saturated carbocycles. The molecule has 0 fully saturated rings. The standard InChI is InChI=1S/C19H20BrN3O6S/c1-12-4-9-15(30(27,28)23(2)3)10-16(12)19(26)29-11-17(24)21-22-18(25)13-5-7-14(20)8-6-13/h4-10H,11H2,1-3H3,(H,21,24)(H,22,25). The van der Waals surface area contributed by atoms with Gasteiger partial charge in [0.1, 0.15) is 0 Å². The van der Waals surface area contributed by atoms with Gasteiger partial charge in [-0.05, 0) is 48.9 Å². The van der Waals surface area contributed by atoms with Crippen molar-refractivity contribution in [3.8, 4) is 0 Å². The van der Waals surface area contributed by atoms with Crippen molar-refractivity contribution in [2.45, 2.75) is 11.8 Å². The summed E-state index contributed by atoms with van der Waals surface area (Å²) in [6, 6.07) is 10.5. The topological polar surface area (TPSA) is 122 Å². The predicted molar refractivity (Wildman–Crippen MR) is 112 cm³/mol. The second kappa shape index (κ2) is 9.83. The zero-order valence-electron chi connectivity index (χ0n) is 16.4. The molecule has 0 spiro atoms. The summed E-state index contributed by atoms with van der Waals surface area (Å²) >= 11 is 3.25. The van der Waals surface area contributed by atoms with E-state index in [2.05, 4.69) is 26.8 Å². The third kappa shape index (κ3) is 5.88. The first-order valence-electron chi connectivity index (χ1n) is 8.57. The number of hydrogen-bond acceptors (Lipinski definition) is 6. The van der Waals surface area contributed by atoms with Gasteiger partial charge in [-0.1, -0.05) is 22.0 Å². The molecule has 2 aromatic carbocycles. The van der Waals surface area contributed by atoms with Crippen LogP contribution in [-0.4, -0.2) is 51.2 Å². The predicted octanol–water partition coefficient (Wildman–Crippen LogP) is 1.63. The molecule has 0 aliphatic carbocycles. The number of amides is 2. The molecule has 11 heteroatoms. The second-order valence-electron chi connectivity index (χ2n) is 6.35. The number of ether oxygens (including phenoxy) is 1. The zero-order chi connectivity index (χ0) is 22.5. The highest BCUT2D eigenvalue weighted by Gasteiger charge is 2.21. The number of nitrogens with one attached hydrogen (secondary N) is 2. The Bertz CT molecular complexity index is 1070. The van der Waals surface area contributed by atoms with E-state index in [0.29, 0.717) is 11.1 Å². The molecule has 0 aliphatic heterocycles. The van der Waals surface area contributed by atoms with Crippen molar-refractivity contribution in [3.05, 3.63) is 63.6 Å². The summed E-state index contributed by atoms with van der Waals surface area (Å²) in [6.07, 6.45) is 0. The second-order valence-corrected chi connectivity index (χ2v) is 9.42. The molecule has 0 atom stereocenters. The fourth-order valence-electron chi connectivity index (χ4n) is 2.24. The molecule has 0 heterocycles. The Morgan fingerprint density at radius 2 is 1.67 bits per heavy atom. The molecule has 160 valence electrons. The maximum absolute atomic E-state index is 12.3. The quantitative estimate of drug-likeness (QED) is 0.461. The lowest BCUT2D eigenvalue weighted by molar-refractivity contribution is -0.125. The Morgan fingerprint density at radius 1 is 1.03 bits per heavy atom. The number of halogens is 1. The van der Waals surface area contributed by atoms with Crippen LogP contribution >= 0.6 is 15.9 Å². The minimum atomic E-state index is -3.73. The number of benzene rings is 2. The van der Waals surface area contributed by atoms with Gasteiger partial charge in [0.2, 0.25) is 10.0 Å². The minimum absolute atomic E-state index is 0.0182. The normalized spacial score (nSPS) is 11.1. The third-order valence-electron chi connectivity index (χ3n) is 3.96. The Morgan fingerprint density at radius 3 is 2.27 bits per heavy atom. The average Bonchev–Trinajstić information content (AvgIpc) is 2.70. The summed E-state index contributed by atoms with van der Waals surface area (Å²) in [5, 5.41) is 0. The van der Waals surface area contributed by atoms with Crippen LogP contribution in [0.5, 0.6) is 0 Å². The molecule has 2 rings (SSSR count). The molecule has 2 N–H and O–H groups in total. The van der Waals surface area contributed by atoms with E-state index in [1.165, 1.54) is 32.3 Å². The summed E-state index contributed by atoms with van der Waals surface area (Å²) in [5.74, 6) is -2.17. The van der Waals surface area contributed by atoms with Crippen molar-refractivity contribution in [3.63, 3.8) is 0 Å². The van der Waals surface area contributed by atoms with Crippen molar-refractivity contribution in [1.82, 2.24) is 15.2 Å². The van der Waals surface area contributed by atoms with E-state index in [4.69, 9.17) is 4.74 Å². The van der Waals surface area contributed by atoms with Crippen molar-refractivity contribution >= 4 is 43.7 Å². The Hall–Kier alpha value is -2.76. The molecular formula is C19H20BrN3O6S. The van der Waals surface area contributed by atoms with Crippen LogP contribution in [0.1, 0.15) is 26.3 Å². The van der Waals surface area contributed by atoms with Gasteiger partial charge in [0.25, 0.3) is 11.8 Å². The number of sulfonamides is 1. The van der Waals surface area contributed by atoms with Gasteiger partial charge in [-0.15, -0.1) is 0 Å². The van der Waals surface area contributed by atoms with Crippen LogP contribution in [0, 0.1) is 6.92 Å². The number of rotatable bonds is 6. The number of nitrogens with zero attached hydrogens (tertiary/aromatic N) is 1. The Labute approximate surface area is 182 Å². The van der Waals surface area contributed by atoms with Gasteiger partial charge in [-0.3, -0.25) is 20.4 Å². The van der Waals surface area contributed by atoms with Gasteiger partial charge < -0.3 is 4.74 Å². The van der Waals surface area contributed by atoms with Crippen molar-refractivity contribution in [2.75, 3.05) is 20.7 Å². The van der Waals surface area contributed by atoms with Gasteiger partial charge in [0.05, 0.1) is 10.5 Å². The van der Waals surface area contributed by atoms with E-state index in [1.807, 2.05) is 0 Å². The summed E-state index contributed by atoms with van der Waals surface area (Å²) in [6.45, 7) is 0.949. The zero-order valence-corrected chi connectivity index (χ0v) is 18.8. The van der Waals surface area contributed by atoms with Gasteiger partial charge in [0, 0.05) is 24.1 Å². The first kappa shape index (κ1) is 23.5. The van der Waals surface area contributed by atoms with Crippen molar-refractivity contribution in [2.24, 2.45) is 0 Å². The summed E-state index contributed by atoms with van der Waals surface area (Å²) in [7, 11) is -0.982. The van der Waals surface area contributed by atoms with Crippen LogP contribution in [0.2, 0.25) is 0 Å². The molecule has 0 unspecified atom stereocenters. The summed E-state index contributed by atoms with van der Waals surface area (Å²) in [4.78, 5) is 36.0. The number of carbonyl (C=O) groups is 3. The maximum atomic E-state index is 12.3. The number of hydrazine groups is 1. The van der Waals surface area contributed by atoms with Gasteiger partial charge in [-0.2, -0.15) is 0 Å².